The Hall–Kier alpha value is -2.51. The van der Waals surface area contributed by atoms with Crippen LogP contribution in [-0.2, 0) is 32.5 Å². The average Bonchev–Trinajstić information content (AvgIpc) is 3.21. The van der Waals surface area contributed by atoms with Crippen molar-refractivity contribution in [3.8, 4) is 17.2 Å². The molecule has 61 heavy (non-hydrogen) atoms. The van der Waals surface area contributed by atoms with E-state index in [1.165, 1.54) is 91.2 Å². The number of rotatable bonds is 27. The predicted octanol–water partition coefficient (Wildman–Crippen LogP) is 19.1. The first kappa shape index (κ1) is 52.8. The van der Waals surface area contributed by atoms with Gasteiger partial charge in [-0.05, 0) is 106 Å². The summed E-state index contributed by atoms with van der Waals surface area (Å²) in [5, 5.41) is 0. The first-order valence-corrected chi connectivity index (χ1v) is 25.8. The van der Waals surface area contributed by atoms with Crippen LogP contribution in [0.5, 0.6) is 17.2 Å². The molecule has 344 valence electrons. The van der Waals surface area contributed by atoms with Crippen LogP contribution >= 0.6 is 8.60 Å². The molecule has 0 fully saturated rings. The van der Waals surface area contributed by atoms with Crippen LogP contribution in [0, 0.1) is 0 Å². The molecule has 0 bridgehead atoms. The molecule has 4 heteroatoms. The van der Waals surface area contributed by atoms with Crippen LogP contribution in [0.15, 0.2) is 54.6 Å². The summed E-state index contributed by atoms with van der Waals surface area (Å²) in [5.74, 6) is 2.54. The van der Waals surface area contributed by atoms with Crippen LogP contribution in [-0.4, -0.2) is 0 Å². The third kappa shape index (κ3) is 14.2. The quantitative estimate of drug-likeness (QED) is 0.0565. The van der Waals surface area contributed by atoms with E-state index in [1.807, 2.05) is 0 Å². The SMILES string of the molecule is CCCCCC(C)(C)c1ccc(OP(Oc2ccc(C(C)(C)CCCCC)cc2C(C)(C)CC)Oc2ccc(C(C)(C)CCCCC)cc2C(C)(C)CC)c(C(C)(C)CC)c1. The van der Waals surface area contributed by atoms with Crippen LogP contribution in [0.2, 0.25) is 0 Å². The van der Waals surface area contributed by atoms with Gasteiger partial charge in [0.05, 0.1) is 0 Å². The molecule has 0 saturated carbocycles. The van der Waals surface area contributed by atoms with Crippen LogP contribution < -0.4 is 13.6 Å². The topological polar surface area (TPSA) is 27.7 Å². The average molecular weight is 857 g/mol. The minimum Gasteiger partial charge on any atom is -0.408 e. The number of unbranched alkanes of at least 4 members (excludes halogenated alkanes) is 6. The monoisotopic (exact) mass is 857 g/mol. The number of hydrogen-bond donors (Lipinski definition) is 0. The van der Waals surface area contributed by atoms with Crippen LogP contribution in [0.1, 0.15) is 254 Å². The molecule has 0 aliphatic rings. The third-order valence-corrected chi connectivity index (χ3v) is 15.9. The highest BCUT2D eigenvalue weighted by molar-refractivity contribution is 7.43. The maximum absolute atomic E-state index is 7.26. The van der Waals surface area contributed by atoms with Gasteiger partial charge in [0, 0.05) is 16.7 Å². The van der Waals surface area contributed by atoms with E-state index in [-0.39, 0.29) is 32.5 Å². The Bertz CT molecular complexity index is 1590. The molecule has 0 aliphatic carbocycles. The normalized spacial score (nSPS) is 13.2. The predicted molar refractivity (Wildman–Crippen MR) is 270 cm³/mol. The molecule has 0 heterocycles. The van der Waals surface area contributed by atoms with E-state index in [4.69, 9.17) is 13.6 Å². The first-order valence-electron chi connectivity index (χ1n) is 24.7. The van der Waals surface area contributed by atoms with Gasteiger partial charge in [-0.25, -0.2) is 0 Å². The zero-order chi connectivity index (χ0) is 45.9. The summed E-state index contributed by atoms with van der Waals surface area (Å²) in [5.41, 5.74) is 7.57. The molecule has 0 radical (unpaired) electrons. The van der Waals surface area contributed by atoms with Crippen molar-refractivity contribution in [2.75, 3.05) is 0 Å². The van der Waals surface area contributed by atoms with Gasteiger partial charge in [-0.1, -0.05) is 219 Å². The van der Waals surface area contributed by atoms with Crippen molar-refractivity contribution < 1.29 is 13.6 Å². The summed E-state index contributed by atoms with van der Waals surface area (Å²) in [6, 6.07) is 20.8. The molecular formula is C57H93O3P. The Kier molecular flexibility index (Phi) is 19.4. The van der Waals surface area contributed by atoms with Gasteiger partial charge in [0.2, 0.25) is 0 Å². The van der Waals surface area contributed by atoms with Gasteiger partial charge in [-0.15, -0.1) is 0 Å². The van der Waals surface area contributed by atoms with Crippen molar-refractivity contribution in [3.63, 3.8) is 0 Å². The van der Waals surface area contributed by atoms with E-state index in [1.54, 1.807) is 0 Å². The van der Waals surface area contributed by atoms with Crippen molar-refractivity contribution in [1.82, 2.24) is 0 Å². The Labute approximate surface area is 379 Å². The highest BCUT2D eigenvalue weighted by Gasteiger charge is 2.35. The van der Waals surface area contributed by atoms with Crippen molar-refractivity contribution in [1.29, 1.82) is 0 Å². The highest BCUT2D eigenvalue weighted by atomic mass is 31.2. The summed E-state index contributed by atoms with van der Waals surface area (Å²) in [7, 11) is -1.94. The van der Waals surface area contributed by atoms with Crippen LogP contribution in [0.3, 0.4) is 0 Å². The largest absolute Gasteiger partial charge is 0.530 e. The lowest BCUT2D eigenvalue weighted by Gasteiger charge is -2.34. The molecule has 3 aromatic carbocycles. The van der Waals surface area contributed by atoms with Crippen molar-refractivity contribution >= 4 is 8.60 Å². The molecule has 0 saturated heterocycles. The second-order valence-electron chi connectivity index (χ2n) is 22.4. The van der Waals surface area contributed by atoms with E-state index in [9.17, 15) is 0 Å². The Morgan fingerprint density at radius 3 is 0.803 bits per heavy atom. The van der Waals surface area contributed by atoms with Gasteiger partial charge in [0.15, 0.2) is 0 Å². The minimum absolute atomic E-state index is 0.0589. The van der Waals surface area contributed by atoms with E-state index < -0.39 is 8.60 Å². The molecule has 0 aromatic heterocycles. The molecule has 3 nitrogen and oxygen atoms in total. The van der Waals surface area contributed by atoms with Gasteiger partial charge in [0.1, 0.15) is 17.2 Å². The Morgan fingerprint density at radius 1 is 0.344 bits per heavy atom. The molecule has 3 rings (SSSR count). The molecule has 0 amide bonds. The van der Waals surface area contributed by atoms with Crippen LogP contribution in [0.25, 0.3) is 0 Å². The molecule has 0 aliphatic heterocycles. The summed E-state index contributed by atoms with van der Waals surface area (Å²) in [4.78, 5) is 0. The molecule has 3 aromatic rings. The lowest BCUT2D eigenvalue weighted by atomic mass is 9.75. The van der Waals surface area contributed by atoms with E-state index in [0.29, 0.717) is 0 Å². The Morgan fingerprint density at radius 2 is 0.590 bits per heavy atom. The molecule has 0 N–H and O–H groups in total. The van der Waals surface area contributed by atoms with Gasteiger partial charge >= 0.3 is 8.60 Å². The van der Waals surface area contributed by atoms with Crippen molar-refractivity contribution in [3.05, 3.63) is 88.0 Å². The second-order valence-corrected chi connectivity index (χ2v) is 23.4. The number of benzene rings is 3. The van der Waals surface area contributed by atoms with Gasteiger partial charge in [0.25, 0.3) is 0 Å². The minimum atomic E-state index is -1.94. The molecular weight excluding hydrogens is 764 g/mol. The van der Waals surface area contributed by atoms with Gasteiger partial charge in [-0.2, -0.15) is 0 Å². The lowest BCUT2D eigenvalue weighted by molar-refractivity contribution is 0.364. The Balaban J connectivity index is 2.30. The van der Waals surface area contributed by atoms with Gasteiger partial charge < -0.3 is 13.6 Å². The fraction of sp³-hybridized carbons (Fsp3) is 0.684. The summed E-state index contributed by atoms with van der Waals surface area (Å²) < 4.78 is 21.8. The summed E-state index contributed by atoms with van der Waals surface area (Å²) in [6.07, 6.45) is 17.6. The van der Waals surface area contributed by atoms with Crippen molar-refractivity contribution in [2.24, 2.45) is 0 Å². The second kappa shape index (κ2) is 22.4. The third-order valence-electron chi connectivity index (χ3n) is 14.9. The fourth-order valence-electron chi connectivity index (χ4n) is 8.43. The number of hydrogen-bond acceptors (Lipinski definition) is 3. The van der Waals surface area contributed by atoms with E-state index in [0.717, 1.165) is 55.8 Å². The summed E-state index contributed by atoms with van der Waals surface area (Å²) >= 11 is 0. The zero-order valence-corrected chi connectivity index (χ0v) is 43.9. The zero-order valence-electron chi connectivity index (χ0n) is 43.0. The highest BCUT2D eigenvalue weighted by Crippen LogP contribution is 2.51. The smallest absolute Gasteiger partial charge is 0.408 e. The summed E-state index contributed by atoms with van der Waals surface area (Å²) in [6.45, 7) is 42.2. The lowest BCUT2D eigenvalue weighted by Crippen LogP contribution is -2.23. The van der Waals surface area contributed by atoms with E-state index >= 15 is 0 Å². The standard InChI is InChI=1S/C57H93O3P/c1-19-25-28-37-55(13,14)43-31-34-49(46(40-43)52(7,8)22-4)58-61(59-50-35-32-44(41-47(50)53(9,10)23-5)56(15,16)38-29-26-20-2)60-51-36-33-45(42-48(51)54(11,12)24-6)57(17,18)39-30-27-21-3/h31-36,40-42H,19-30,37-39H2,1-18H3. The van der Waals surface area contributed by atoms with Crippen LogP contribution in [0.4, 0.5) is 0 Å². The van der Waals surface area contributed by atoms with Gasteiger partial charge in [-0.3, -0.25) is 0 Å². The first-order chi connectivity index (χ1) is 28.4. The molecule has 0 unspecified atom stereocenters. The fourth-order valence-corrected chi connectivity index (χ4v) is 9.50. The maximum Gasteiger partial charge on any atom is 0.530 e. The van der Waals surface area contributed by atoms with Crippen molar-refractivity contribution in [2.45, 2.75) is 253 Å². The maximum atomic E-state index is 7.26. The molecule has 0 spiro atoms. The van der Waals surface area contributed by atoms with E-state index in [2.05, 4.69) is 179 Å². The molecule has 0 atom stereocenters.